The van der Waals surface area contributed by atoms with Crippen molar-refractivity contribution < 1.29 is 19.1 Å². The van der Waals surface area contributed by atoms with Gasteiger partial charge in [-0.15, -0.1) is 0 Å². The molecule has 30 heavy (non-hydrogen) atoms. The van der Waals surface area contributed by atoms with Crippen molar-refractivity contribution in [2.75, 3.05) is 30.6 Å². The Morgan fingerprint density at radius 1 is 1.13 bits per heavy atom. The van der Waals surface area contributed by atoms with Crippen LogP contribution in [0.25, 0.3) is 0 Å². The molecular weight excluding hydrogens is 400 g/mol. The Kier molecular flexibility index (Phi) is 5.81. The van der Waals surface area contributed by atoms with Crippen LogP contribution in [0.4, 0.5) is 5.69 Å². The van der Waals surface area contributed by atoms with Crippen molar-refractivity contribution in [3.63, 3.8) is 0 Å². The molecule has 1 atom stereocenters. The number of carbonyl (C=O) groups is 3. The summed E-state index contributed by atoms with van der Waals surface area (Å²) in [6, 6.07) is 11.6. The molecule has 156 valence electrons. The van der Waals surface area contributed by atoms with Crippen molar-refractivity contribution in [2.24, 2.45) is 0 Å². The van der Waals surface area contributed by atoms with E-state index in [9.17, 15) is 14.4 Å². The van der Waals surface area contributed by atoms with Crippen LogP contribution < -0.4 is 9.64 Å². The Balaban J connectivity index is 1.68. The van der Waals surface area contributed by atoms with Crippen LogP contribution in [-0.2, 0) is 11.2 Å². The summed E-state index contributed by atoms with van der Waals surface area (Å²) in [4.78, 5) is 42.7. The van der Waals surface area contributed by atoms with E-state index in [-0.39, 0.29) is 17.7 Å². The zero-order valence-electron chi connectivity index (χ0n) is 17.1. The molecule has 0 N–H and O–H groups in total. The van der Waals surface area contributed by atoms with Gasteiger partial charge < -0.3 is 9.64 Å². The molecule has 0 aliphatic carbocycles. The summed E-state index contributed by atoms with van der Waals surface area (Å²) in [7, 11) is 1.62. The first-order chi connectivity index (χ1) is 14.6. The van der Waals surface area contributed by atoms with E-state index in [2.05, 4.69) is 0 Å². The second-order valence-electron chi connectivity index (χ2n) is 7.41. The van der Waals surface area contributed by atoms with Gasteiger partial charge in [0.25, 0.3) is 11.8 Å². The van der Waals surface area contributed by atoms with Gasteiger partial charge in [-0.25, -0.2) is 0 Å². The number of hydrogen-bond acceptors (Lipinski definition) is 5. The molecule has 0 saturated heterocycles. The third-order valence-corrected chi connectivity index (χ3v) is 6.33. The zero-order chi connectivity index (χ0) is 21.3. The van der Waals surface area contributed by atoms with E-state index in [0.29, 0.717) is 29.8 Å². The van der Waals surface area contributed by atoms with Gasteiger partial charge in [0.15, 0.2) is 0 Å². The topological polar surface area (TPSA) is 66.9 Å². The normalized spacial score (nSPS) is 16.3. The second-order valence-corrected chi connectivity index (χ2v) is 8.40. The van der Waals surface area contributed by atoms with Gasteiger partial charge >= 0.3 is 0 Å². The van der Waals surface area contributed by atoms with Crippen LogP contribution in [-0.4, -0.2) is 54.3 Å². The molecule has 2 aromatic rings. The molecule has 0 saturated carbocycles. The fourth-order valence-electron chi connectivity index (χ4n) is 4.19. The van der Waals surface area contributed by atoms with Gasteiger partial charge in [-0.1, -0.05) is 12.1 Å². The number of aryl methyl sites for hydroxylation is 1. The number of hydrogen-bond donors (Lipinski definition) is 0. The summed E-state index contributed by atoms with van der Waals surface area (Å²) in [5, 5.41) is 0. The average Bonchev–Trinajstić information content (AvgIpc) is 3.03. The summed E-state index contributed by atoms with van der Waals surface area (Å²) in [6.45, 7) is 0.567. The maximum Gasteiger partial charge on any atom is 0.262 e. The van der Waals surface area contributed by atoms with E-state index >= 15 is 0 Å². The van der Waals surface area contributed by atoms with E-state index in [1.165, 1.54) is 4.90 Å². The first-order valence-corrected chi connectivity index (χ1v) is 11.4. The predicted octanol–water partition coefficient (Wildman–Crippen LogP) is 3.39. The molecule has 7 heteroatoms. The molecule has 4 rings (SSSR count). The third kappa shape index (κ3) is 3.47. The fraction of sp³-hybridized carbons (Fsp3) is 0.348. The van der Waals surface area contributed by atoms with Crippen LogP contribution >= 0.6 is 11.8 Å². The lowest BCUT2D eigenvalue weighted by Crippen LogP contribution is -2.52. The lowest BCUT2D eigenvalue weighted by atomic mass is 9.99. The molecule has 2 aliphatic rings. The molecule has 0 fully saturated rings. The molecule has 6 nitrogen and oxygen atoms in total. The van der Waals surface area contributed by atoms with E-state index in [0.717, 1.165) is 29.8 Å². The van der Waals surface area contributed by atoms with Crippen molar-refractivity contribution in [1.82, 2.24) is 4.90 Å². The summed E-state index contributed by atoms with van der Waals surface area (Å²) < 4.78 is 5.32. The van der Waals surface area contributed by atoms with E-state index in [1.807, 2.05) is 24.5 Å². The molecule has 0 bridgehead atoms. The van der Waals surface area contributed by atoms with Crippen molar-refractivity contribution in [3.05, 3.63) is 59.2 Å². The SMILES string of the molecule is COc1ccc2c(c1)CCCN2C(=O)C(CCSC)N1C(=O)c2ccccc2C1=O. The third-order valence-electron chi connectivity index (χ3n) is 5.69. The minimum absolute atomic E-state index is 0.204. The molecule has 0 aromatic heterocycles. The van der Waals surface area contributed by atoms with E-state index in [4.69, 9.17) is 4.74 Å². The standard InChI is InChI=1S/C23H24N2O4S/c1-29-16-9-10-19-15(14-16)6-5-12-24(19)23(28)20(11-13-30-2)25-21(26)17-7-3-4-8-18(17)22(25)27/h3-4,7-10,14,20H,5-6,11-13H2,1-2H3. The summed E-state index contributed by atoms with van der Waals surface area (Å²) >= 11 is 1.59. The summed E-state index contributed by atoms with van der Waals surface area (Å²) in [5.74, 6) is 0.448. The number of ether oxygens (including phenoxy) is 1. The largest absolute Gasteiger partial charge is 0.497 e. The highest BCUT2D eigenvalue weighted by atomic mass is 32.2. The van der Waals surface area contributed by atoms with Crippen molar-refractivity contribution >= 4 is 35.2 Å². The van der Waals surface area contributed by atoms with Crippen molar-refractivity contribution in [3.8, 4) is 5.75 Å². The van der Waals surface area contributed by atoms with Crippen LogP contribution in [0.15, 0.2) is 42.5 Å². The number of fused-ring (bicyclic) bond motifs is 2. The lowest BCUT2D eigenvalue weighted by molar-refractivity contribution is -0.122. The first kappa shape index (κ1) is 20.5. The van der Waals surface area contributed by atoms with Gasteiger partial charge in [0.2, 0.25) is 5.91 Å². The van der Waals surface area contributed by atoms with Crippen LogP contribution in [0.2, 0.25) is 0 Å². The number of thioether (sulfide) groups is 1. The molecular formula is C23H24N2O4S. The fourth-order valence-corrected chi connectivity index (χ4v) is 4.65. The quantitative estimate of drug-likeness (QED) is 0.665. The second kappa shape index (κ2) is 8.52. The molecule has 1 unspecified atom stereocenters. The van der Waals surface area contributed by atoms with Gasteiger partial charge in [-0.3, -0.25) is 19.3 Å². The molecule has 3 amide bonds. The summed E-state index contributed by atoms with van der Waals surface area (Å²) in [6.07, 6.45) is 4.06. The average molecular weight is 425 g/mol. The highest BCUT2D eigenvalue weighted by molar-refractivity contribution is 7.98. The Hall–Kier alpha value is -2.80. The Morgan fingerprint density at radius 2 is 1.83 bits per heavy atom. The number of imide groups is 1. The molecule has 0 radical (unpaired) electrons. The highest BCUT2D eigenvalue weighted by Crippen LogP contribution is 2.33. The minimum atomic E-state index is -0.821. The Morgan fingerprint density at radius 3 is 2.47 bits per heavy atom. The van der Waals surface area contributed by atoms with Gasteiger partial charge in [0.05, 0.1) is 18.2 Å². The number of anilines is 1. The maximum atomic E-state index is 13.7. The number of methoxy groups -OCH3 is 1. The van der Waals surface area contributed by atoms with E-state index < -0.39 is 6.04 Å². The predicted molar refractivity (Wildman–Crippen MR) is 117 cm³/mol. The Bertz CT molecular complexity index is 971. The van der Waals surface area contributed by atoms with Gasteiger partial charge in [-0.05, 0) is 67.2 Å². The smallest absolute Gasteiger partial charge is 0.262 e. The van der Waals surface area contributed by atoms with Gasteiger partial charge in [0.1, 0.15) is 11.8 Å². The van der Waals surface area contributed by atoms with Crippen molar-refractivity contribution in [2.45, 2.75) is 25.3 Å². The number of nitrogens with zero attached hydrogens (tertiary/aromatic N) is 2. The molecule has 0 spiro atoms. The van der Waals surface area contributed by atoms with Gasteiger partial charge in [0, 0.05) is 12.2 Å². The maximum absolute atomic E-state index is 13.7. The number of carbonyl (C=O) groups excluding carboxylic acids is 3. The zero-order valence-corrected chi connectivity index (χ0v) is 17.9. The van der Waals surface area contributed by atoms with Crippen LogP contribution in [0.5, 0.6) is 5.75 Å². The number of amides is 3. The first-order valence-electron chi connectivity index (χ1n) is 10.0. The lowest BCUT2D eigenvalue weighted by Gasteiger charge is -2.35. The molecule has 2 aliphatic heterocycles. The monoisotopic (exact) mass is 424 g/mol. The van der Waals surface area contributed by atoms with E-state index in [1.54, 1.807) is 48.0 Å². The Labute approximate surface area is 180 Å². The van der Waals surface area contributed by atoms with Crippen molar-refractivity contribution in [1.29, 1.82) is 0 Å². The highest BCUT2D eigenvalue weighted by Gasteiger charge is 2.44. The van der Waals surface area contributed by atoms with Crippen LogP contribution in [0.3, 0.4) is 0 Å². The summed E-state index contributed by atoms with van der Waals surface area (Å²) in [5.41, 5.74) is 2.61. The number of benzene rings is 2. The molecule has 2 heterocycles. The van der Waals surface area contributed by atoms with Crippen LogP contribution in [0.1, 0.15) is 39.1 Å². The minimum Gasteiger partial charge on any atom is -0.497 e. The van der Waals surface area contributed by atoms with Crippen LogP contribution in [0, 0.1) is 0 Å². The number of rotatable bonds is 6. The molecule has 2 aromatic carbocycles. The van der Waals surface area contributed by atoms with Gasteiger partial charge in [-0.2, -0.15) is 11.8 Å².